The first-order valence-corrected chi connectivity index (χ1v) is 10.7. The number of nitrogens with one attached hydrogen (secondary N) is 2. The molecule has 0 aliphatic carbocycles. The number of guanidine groups is 1. The minimum atomic E-state index is -0.535. The lowest BCUT2D eigenvalue weighted by Gasteiger charge is -2.28. The normalized spacial score (nSPS) is 18.8. The van der Waals surface area contributed by atoms with Gasteiger partial charge >= 0.3 is 6.09 Å². The molecule has 2 N–H and O–H groups in total. The number of aromatic nitrogens is 1. The van der Waals surface area contributed by atoms with Crippen LogP contribution in [0.15, 0.2) is 29.5 Å². The van der Waals surface area contributed by atoms with Crippen molar-refractivity contribution in [3.63, 3.8) is 0 Å². The van der Waals surface area contributed by atoms with E-state index in [4.69, 9.17) is 9.47 Å². The van der Waals surface area contributed by atoms with E-state index in [1.807, 2.05) is 32.9 Å². The third-order valence-corrected chi connectivity index (χ3v) is 4.80. The highest BCUT2D eigenvalue weighted by molar-refractivity contribution is 14.0. The molecule has 1 saturated heterocycles. The Bertz CT molecular complexity index is 688. The molecule has 0 aromatic carbocycles. The first-order chi connectivity index (χ1) is 14.2. The summed E-state index contributed by atoms with van der Waals surface area (Å²) in [6.07, 6.45) is 6.08. The number of hydrogen-bond acceptors (Lipinski definition) is 5. The Labute approximate surface area is 203 Å². The van der Waals surface area contributed by atoms with Crippen LogP contribution in [0.4, 0.5) is 4.79 Å². The van der Waals surface area contributed by atoms with Crippen molar-refractivity contribution < 1.29 is 14.3 Å². The molecule has 1 aliphatic heterocycles. The molecule has 2 heterocycles. The topological polar surface area (TPSA) is 88.1 Å². The minimum absolute atomic E-state index is 0. The Kier molecular flexibility index (Phi) is 11.5. The summed E-state index contributed by atoms with van der Waals surface area (Å²) in [6, 6.07) is 3.83. The van der Waals surface area contributed by atoms with Crippen LogP contribution in [-0.2, 0) is 16.0 Å². The zero-order valence-corrected chi connectivity index (χ0v) is 21.8. The molecule has 0 radical (unpaired) electrons. The zero-order valence-electron chi connectivity index (χ0n) is 19.4. The molecular weight excluding hydrogens is 509 g/mol. The summed E-state index contributed by atoms with van der Waals surface area (Å²) < 4.78 is 11.4. The van der Waals surface area contributed by atoms with Gasteiger partial charge in [-0.25, -0.2) is 4.79 Å². The van der Waals surface area contributed by atoms with Gasteiger partial charge in [0, 0.05) is 45.7 Å². The third-order valence-electron chi connectivity index (χ3n) is 4.80. The van der Waals surface area contributed by atoms with Crippen molar-refractivity contribution in [2.24, 2.45) is 4.99 Å². The lowest BCUT2D eigenvalue weighted by atomic mass is 10.0. The number of hydrogen-bond donors (Lipinski definition) is 2. The van der Waals surface area contributed by atoms with Crippen molar-refractivity contribution in [3.8, 4) is 0 Å². The molecule has 1 atom stereocenters. The molecule has 0 spiro atoms. The number of carbonyl (C=O) groups excluding carboxylic acids is 1. The summed E-state index contributed by atoms with van der Waals surface area (Å²) in [5.74, 6) is 0.739. The Hall–Kier alpha value is -1.62. The number of aliphatic imine (C=N–C) groups is 1. The number of ether oxygens (including phenoxy) is 2. The van der Waals surface area contributed by atoms with Crippen molar-refractivity contribution in [1.82, 2.24) is 20.5 Å². The molecule has 2 rings (SSSR count). The summed E-state index contributed by atoms with van der Waals surface area (Å²) in [5.41, 5.74) is 0.306. The van der Waals surface area contributed by atoms with Crippen molar-refractivity contribution in [3.05, 3.63) is 30.1 Å². The first-order valence-electron chi connectivity index (χ1n) is 10.7. The molecule has 176 valence electrons. The fourth-order valence-electron chi connectivity index (χ4n) is 3.22. The van der Waals surface area contributed by atoms with E-state index in [-0.39, 0.29) is 35.7 Å². The molecule has 8 nitrogen and oxygen atoms in total. The summed E-state index contributed by atoms with van der Waals surface area (Å²) in [6.45, 7) is 11.0. The van der Waals surface area contributed by atoms with Gasteiger partial charge in [-0.2, -0.15) is 0 Å². The number of nitrogens with zero attached hydrogens (tertiary/aromatic N) is 3. The predicted octanol–water partition coefficient (Wildman–Crippen LogP) is 3.56. The van der Waals surface area contributed by atoms with Gasteiger partial charge in [0.25, 0.3) is 0 Å². The molecule has 1 amide bonds. The maximum absolute atomic E-state index is 12.6. The van der Waals surface area contributed by atoms with Crippen LogP contribution in [0.3, 0.4) is 0 Å². The average Bonchev–Trinajstić information content (AvgIpc) is 3.12. The van der Waals surface area contributed by atoms with Crippen LogP contribution in [0.1, 0.15) is 52.5 Å². The van der Waals surface area contributed by atoms with E-state index in [0.29, 0.717) is 19.6 Å². The smallest absolute Gasteiger partial charge is 0.410 e. The molecule has 1 aromatic rings. The van der Waals surface area contributed by atoms with Gasteiger partial charge in [0.1, 0.15) is 5.60 Å². The second-order valence-electron chi connectivity index (χ2n) is 8.87. The lowest BCUT2D eigenvalue weighted by molar-refractivity contribution is 0.0227. The van der Waals surface area contributed by atoms with Crippen molar-refractivity contribution in [2.75, 3.05) is 33.3 Å². The van der Waals surface area contributed by atoms with E-state index in [1.165, 1.54) is 0 Å². The second-order valence-corrected chi connectivity index (χ2v) is 8.87. The van der Waals surface area contributed by atoms with E-state index in [9.17, 15) is 4.79 Å². The molecule has 1 fully saturated rings. The Morgan fingerprint density at radius 3 is 2.74 bits per heavy atom. The fourth-order valence-corrected chi connectivity index (χ4v) is 3.22. The highest BCUT2D eigenvalue weighted by atomic mass is 127. The van der Waals surface area contributed by atoms with E-state index in [2.05, 4.69) is 27.5 Å². The molecule has 1 aliphatic rings. The highest BCUT2D eigenvalue weighted by Crippen LogP contribution is 2.23. The molecule has 0 saturated carbocycles. The summed E-state index contributed by atoms with van der Waals surface area (Å²) in [5, 5.41) is 6.64. The molecule has 0 bridgehead atoms. The zero-order chi connectivity index (χ0) is 22.0. The fraction of sp³-hybridized carbons (Fsp3) is 0.682. The van der Waals surface area contributed by atoms with Gasteiger partial charge in [-0.3, -0.25) is 9.98 Å². The van der Waals surface area contributed by atoms with Crippen LogP contribution in [0.25, 0.3) is 0 Å². The molecule has 1 aromatic heterocycles. The Morgan fingerprint density at radius 2 is 2.16 bits per heavy atom. The van der Waals surface area contributed by atoms with E-state index in [0.717, 1.165) is 43.9 Å². The molecule has 31 heavy (non-hydrogen) atoms. The van der Waals surface area contributed by atoms with Crippen LogP contribution < -0.4 is 10.6 Å². The number of amides is 1. The summed E-state index contributed by atoms with van der Waals surface area (Å²) in [4.78, 5) is 22.8. The average molecular weight is 547 g/mol. The van der Waals surface area contributed by atoms with Gasteiger partial charge in [-0.05, 0) is 58.6 Å². The standard InChI is InChI=1S/C22H37N5O3.HI/c1-21(2,3)30-20(28)27(16-18-9-6-11-24-15-18)13-8-12-25-19(23-5)26-17-22(4)10-7-14-29-22;/h6,9,11,15H,7-8,10,12-14,16-17H2,1-5H3,(H2,23,25,26);1H. The largest absolute Gasteiger partial charge is 0.444 e. The predicted molar refractivity (Wildman–Crippen MR) is 134 cm³/mol. The van der Waals surface area contributed by atoms with Crippen LogP contribution >= 0.6 is 24.0 Å². The van der Waals surface area contributed by atoms with Gasteiger partial charge < -0.3 is 25.0 Å². The molecule has 1 unspecified atom stereocenters. The van der Waals surface area contributed by atoms with Crippen LogP contribution in [0.2, 0.25) is 0 Å². The van der Waals surface area contributed by atoms with Crippen LogP contribution in [0.5, 0.6) is 0 Å². The van der Waals surface area contributed by atoms with Gasteiger partial charge in [-0.1, -0.05) is 6.07 Å². The van der Waals surface area contributed by atoms with E-state index >= 15 is 0 Å². The summed E-state index contributed by atoms with van der Waals surface area (Å²) >= 11 is 0. The first kappa shape index (κ1) is 27.4. The summed E-state index contributed by atoms with van der Waals surface area (Å²) in [7, 11) is 1.75. The van der Waals surface area contributed by atoms with Gasteiger partial charge in [0.15, 0.2) is 5.96 Å². The van der Waals surface area contributed by atoms with Crippen molar-refractivity contribution in [1.29, 1.82) is 0 Å². The van der Waals surface area contributed by atoms with Gasteiger partial charge in [0.2, 0.25) is 0 Å². The van der Waals surface area contributed by atoms with E-state index < -0.39 is 5.60 Å². The minimum Gasteiger partial charge on any atom is -0.444 e. The SMILES string of the molecule is CN=C(NCCCN(Cc1cccnc1)C(=O)OC(C)(C)C)NCC1(C)CCCO1.I. The highest BCUT2D eigenvalue weighted by Gasteiger charge is 2.29. The number of rotatable bonds is 8. The van der Waals surface area contributed by atoms with Crippen molar-refractivity contribution >= 4 is 36.0 Å². The number of pyridine rings is 1. The maximum atomic E-state index is 12.6. The van der Waals surface area contributed by atoms with Gasteiger partial charge in [0.05, 0.1) is 12.1 Å². The Morgan fingerprint density at radius 1 is 1.39 bits per heavy atom. The van der Waals surface area contributed by atoms with Crippen LogP contribution in [0, 0.1) is 0 Å². The number of halogens is 1. The number of carbonyl (C=O) groups is 1. The van der Waals surface area contributed by atoms with E-state index in [1.54, 1.807) is 24.3 Å². The Balaban J connectivity index is 0.00000480. The quantitative estimate of drug-likeness (QED) is 0.224. The molecule has 9 heteroatoms. The third kappa shape index (κ3) is 10.5. The van der Waals surface area contributed by atoms with Crippen LogP contribution in [-0.4, -0.2) is 66.4 Å². The second kappa shape index (κ2) is 13.0. The monoisotopic (exact) mass is 547 g/mol. The van der Waals surface area contributed by atoms with Gasteiger partial charge in [-0.15, -0.1) is 24.0 Å². The molecular formula is C22H38IN5O3. The maximum Gasteiger partial charge on any atom is 0.410 e. The lowest BCUT2D eigenvalue weighted by Crippen LogP contribution is -2.46. The van der Waals surface area contributed by atoms with Crippen molar-refractivity contribution in [2.45, 2.75) is 64.7 Å².